The first-order chi connectivity index (χ1) is 9.61. The summed E-state index contributed by atoms with van der Waals surface area (Å²) in [5.41, 5.74) is 2.56. The Labute approximate surface area is 117 Å². The van der Waals surface area contributed by atoms with Gasteiger partial charge in [0.2, 0.25) is 0 Å². The molecule has 0 radical (unpaired) electrons. The summed E-state index contributed by atoms with van der Waals surface area (Å²) in [5.74, 6) is 0. The van der Waals surface area contributed by atoms with Gasteiger partial charge in [0.15, 0.2) is 11.2 Å². The van der Waals surface area contributed by atoms with Gasteiger partial charge in [-0.05, 0) is 6.92 Å². The van der Waals surface area contributed by atoms with Crippen molar-refractivity contribution in [3.8, 4) is 11.3 Å². The van der Waals surface area contributed by atoms with Crippen LogP contribution in [-0.4, -0.2) is 20.6 Å². The zero-order chi connectivity index (χ0) is 14.3. The molecule has 0 amide bonds. The SMILES string of the molecule is Cc1nc2scc(-c3cccc([N+](=O)[O-])c3)n2c1C=O. The van der Waals surface area contributed by atoms with E-state index in [4.69, 9.17) is 0 Å². The molecule has 0 aliphatic rings. The molecule has 100 valence electrons. The topological polar surface area (TPSA) is 77.5 Å². The predicted molar refractivity (Wildman–Crippen MR) is 75.3 cm³/mol. The number of aromatic nitrogens is 2. The zero-order valence-electron chi connectivity index (χ0n) is 10.4. The van der Waals surface area contributed by atoms with E-state index in [0.29, 0.717) is 21.9 Å². The second-order valence-corrected chi connectivity index (χ2v) is 5.08. The van der Waals surface area contributed by atoms with Gasteiger partial charge in [-0.2, -0.15) is 0 Å². The van der Waals surface area contributed by atoms with Gasteiger partial charge in [-0.1, -0.05) is 12.1 Å². The number of hydrogen-bond acceptors (Lipinski definition) is 5. The minimum atomic E-state index is -0.438. The molecule has 20 heavy (non-hydrogen) atoms. The fraction of sp³-hybridized carbons (Fsp3) is 0.0769. The number of fused-ring (bicyclic) bond motifs is 1. The Hall–Kier alpha value is -2.54. The lowest BCUT2D eigenvalue weighted by molar-refractivity contribution is -0.384. The van der Waals surface area contributed by atoms with E-state index >= 15 is 0 Å². The van der Waals surface area contributed by atoms with Crippen molar-refractivity contribution in [1.29, 1.82) is 0 Å². The van der Waals surface area contributed by atoms with Gasteiger partial charge in [-0.3, -0.25) is 19.3 Å². The number of benzene rings is 1. The summed E-state index contributed by atoms with van der Waals surface area (Å²) in [6.45, 7) is 1.76. The van der Waals surface area contributed by atoms with Crippen LogP contribution in [0, 0.1) is 17.0 Å². The van der Waals surface area contributed by atoms with E-state index in [1.54, 1.807) is 23.5 Å². The van der Waals surface area contributed by atoms with E-state index in [2.05, 4.69) is 4.98 Å². The Morgan fingerprint density at radius 1 is 1.45 bits per heavy atom. The summed E-state index contributed by atoms with van der Waals surface area (Å²) in [4.78, 5) is 26.6. The number of non-ortho nitro benzene ring substituents is 1. The maximum Gasteiger partial charge on any atom is 0.270 e. The van der Waals surface area contributed by atoms with Gasteiger partial charge >= 0.3 is 0 Å². The summed E-state index contributed by atoms with van der Waals surface area (Å²) >= 11 is 1.40. The van der Waals surface area contributed by atoms with E-state index in [1.807, 2.05) is 5.38 Å². The third-order valence-electron chi connectivity index (χ3n) is 3.05. The molecule has 0 bridgehead atoms. The van der Waals surface area contributed by atoms with Gasteiger partial charge in [0, 0.05) is 23.1 Å². The highest BCUT2D eigenvalue weighted by atomic mass is 32.1. The average molecular weight is 287 g/mol. The van der Waals surface area contributed by atoms with E-state index in [1.165, 1.54) is 23.5 Å². The third-order valence-corrected chi connectivity index (χ3v) is 3.87. The van der Waals surface area contributed by atoms with Crippen molar-refractivity contribution >= 4 is 28.3 Å². The maximum atomic E-state index is 11.2. The number of aldehydes is 1. The molecule has 0 unspecified atom stereocenters. The van der Waals surface area contributed by atoms with Crippen LogP contribution in [0.4, 0.5) is 5.69 Å². The Morgan fingerprint density at radius 2 is 2.25 bits per heavy atom. The maximum absolute atomic E-state index is 11.2. The molecule has 0 saturated carbocycles. The molecule has 6 nitrogen and oxygen atoms in total. The van der Waals surface area contributed by atoms with Gasteiger partial charge in [-0.15, -0.1) is 11.3 Å². The van der Waals surface area contributed by atoms with Crippen LogP contribution in [0.15, 0.2) is 29.6 Å². The van der Waals surface area contributed by atoms with E-state index in [-0.39, 0.29) is 5.69 Å². The van der Waals surface area contributed by atoms with Gasteiger partial charge in [0.25, 0.3) is 5.69 Å². The lowest BCUT2D eigenvalue weighted by Gasteiger charge is -2.01. The lowest BCUT2D eigenvalue weighted by atomic mass is 10.1. The van der Waals surface area contributed by atoms with Crippen molar-refractivity contribution < 1.29 is 9.72 Å². The Morgan fingerprint density at radius 3 is 2.95 bits per heavy atom. The second-order valence-electron chi connectivity index (χ2n) is 4.25. The summed E-state index contributed by atoms with van der Waals surface area (Å²) in [6, 6.07) is 6.33. The molecule has 7 heteroatoms. The fourth-order valence-electron chi connectivity index (χ4n) is 2.10. The highest BCUT2D eigenvalue weighted by molar-refractivity contribution is 7.15. The first-order valence-electron chi connectivity index (χ1n) is 5.78. The van der Waals surface area contributed by atoms with Crippen LogP contribution in [-0.2, 0) is 0 Å². The Bertz CT molecular complexity index is 835. The van der Waals surface area contributed by atoms with Gasteiger partial charge < -0.3 is 0 Å². The summed E-state index contributed by atoms with van der Waals surface area (Å²) in [5, 5.41) is 12.7. The van der Waals surface area contributed by atoms with Crippen LogP contribution in [0.1, 0.15) is 16.2 Å². The van der Waals surface area contributed by atoms with E-state index in [0.717, 1.165) is 12.0 Å². The summed E-state index contributed by atoms with van der Waals surface area (Å²) < 4.78 is 1.73. The normalized spacial score (nSPS) is 10.8. The minimum Gasteiger partial charge on any atom is -0.296 e. The van der Waals surface area contributed by atoms with Crippen molar-refractivity contribution in [1.82, 2.24) is 9.38 Å². The van der Waals surface area contributed by atoms with Crippen molar-refractivity contribution in [2.24, 2.45) is 0 Å². The molecule has 0 saturated heterocycles. The molecule has 1 aromatic carbocycles. The first kappa shape index (κ1) is 12.5. The van der Waals surface area contributed by atoms with Crippen molar-refractivity contribution in [3.63, 3.8) is 0 Å². The molecule has 0 spiro atoms. The molecule has 0 N–H and O–H groups in total. The summed E-state index contributed by atoms with van der Waals surface area (Å²) in [7, 11) is 0. The highest BCUT2D eigenvalue weighted by Gasteiger charge is 2.16. The largest absolute Gasteiger partial charge is 0.296 e. The monoisotopic (exact) mass is 287 g/mol. The molecular weight excluding hydrogens is 278 g/mol. The van der Waals surface area contributed by atoms with Gasteiger partial charge in [0.1, 0.15) is 5.69 Å². The van der Waals surface area contributed by atoms with Crippen LogP contribution in [0.25, 0.3) is 16.2 Å². The second kappa shape index (κ2) is 4.53. The Kier molecular flexibility index (Phi) is 2.83. The molecule has 3 aromatic rings. The number of carbonyl (C=O) groups excluding carboxylic acids is 1. The lowest BCUT2D eigenvalue weighted by Crippen LogP contribution is -1.94. The number of carbonyl (C=O) groups is 1. The number of aryl methyl sites for hydroxylation is 1. The number of thiazole rings is 1. The van der Waals surface area contributed by atoms with Crippen LogP contribution in [0.5, 0.6) is 0 Å². The molecule has 0 fully saturated rings. The molecule has 3 rings (SSSR count). The smallest absolute Gasteiger partial charge is 0.270 e. The van der Waals surface area contributed by atoms with Crippen molar-refractivity contribution in [3.05, 3.63) is 51.1 Å². The van der Waals surface area contributed by atoms with Gasteiger partial charge in [-0.25, -0.2) is 4.98 Å². The molecule has 2 aromatic heterocycles. The number of nitrogens with zero attached hydrogens (tertiary/aromatic N) is 3. The third kappa shape index (κ3) is 1.79. The van der Waals surface area contributed by atoms with Crippen LogP contribution >= 0.6 is 11.3 Å². The van der Waals surface area contributed by atoms with Crippen molar-refractivity contribution in [2.75, 3.05) is 0 Å². The fourth-order valence-corrected chi connectivity index (χ4v) is 3.05. The number of hydrogen-bond donors (Lipinski definition) is 0. The number of imidazole rings is 1. The van der Waals surface area contributed by atoms with Crippen LogP contribution in [0.2, 0.25) is 0 Å². The van der Waals surface area contributed by atoms with Crippen LogP contribution in [0.3, 0.4) is 0 Å². The molecule has 2 heterocycles. The predicted octanol–water partition coefficient (Wildman–Crippen LogP) is 3.09. The quantitative estimate of drug-likeness (QED) is 0.421. The minimum absolute atomic E-state index is 0.0198. The zero-order valence-corrected chi connectivity index (χ0v) is 11.3. The molecule has 0 aliphatic heterocycles. The molecule has 0 aliphatic carbocycles. The molecular formula is C13H9N3O3S. The first-order valence-corrected chi connectivity index (χ1v) is 6.66. The molecule has 0 atom stereocenters. The van der Waals surface area contributed by atoms with E-state index < -0.39 is 4.92 Å². The average Bonchev–Trinajstić information content (AvgIpc) is 2.96. The number of rotatable bonds is 3. The standard InChI is InChI=1S/C13H9N3O3S/c1-8-11(6-17)15-12(7-20-13(15)14-8)9-3-2-4-10(5-9)16(18)19/h2-7H,1H3. The van der Waals surface area contributed by atoms with E-state index in [9.17, 15) is 14.9 Å². The Balaban J connectivity index is 2.26. The highest BCUT2D eigenvalue weighted by Crippen LogP contribution is 2.30. The van der Waals surface area contributed by atoms with Gasteiger partial charge in [0.05, 0.1) is 16.3 Å². The van der Waals surface area contributed by atoms with Crippen molar-refractivity contribution in [2.45, 2.75) is 6.92 Å². The number of nitro groups is 1. The summed E-state index contributed by atoms with van der Waals surface area (Å²) in [6.07, 6.45) is 0.753. The number of nitro benzene ring substituents is 1. The van der Waals surface area contributed by atoms with Crippen LogP contribution < -0.4 is 0 Å².